The molecule has 2 aromatic rings. The van der Waals surface area contributed by atoms with Crippen LogP contribution < -0.4 is 10.2 Å². The van der Waals surface area contributed by atoms with Gasteiger partial charge in [-0.25, -0.2) is 4.99 Å². The molecule has 1 saturated heterocycles. The molecule has 30 heavy (non-hydrogen) atoms. The van der Waals surface area contributed by atoms with E-state index in [0.29, 0.717) is 28.2 Å². The van der Waals surface area contributed by atoms with Crippen molar-refractivity contribution < 1.29 is 9.59 Å². The van der Waals surface area contributed by atoms with Crippen molar-refractivity contribution >= 4 is 52.1 Å². The molecule has 0 unspecified atom stereocenters. The van der Waals surface area contributed by atoms with Gasteiger partial charge in [0.2, 0.25) is 5.91 Å². The minimum absolute atomic E-state index is 0.0658. The number of hydrogen-bond acceptors (Lipinski definition) is 6. The first-order chi connectivity index (χ1) is 14.5. The van der Waals surface area contributed by atoms with Crippen molar-refractivity contribution in [1.29, 1.82) is 0 Å². The summed E-state index contributed by atoms with van der Waals surface area (Å²) in [5, 5.41) is 11.4. The summed E-state index contributed by atoms with van der Waals surface area (Å²) in [6.07, 6.45) is 1.79. The van der Waals surface area contributed by atoms with Crippen molar-refractivity contribution in [2.24, 2.45) is 15.2 Å². The molecular formula is C22H19N5O2S. The molecule has 2 heterocycles. The Morgan fingerprint density at radius 3 is 2.53 bits per heavy atom. The third kappa shape index (κ3) is 4.23. The van der Waals surface area contributed by atoms with Gasteiger partial charge in [0.25, 0.3) is 5.91 Å². The van der Waals surface area contributed by atoms with Gasteiger partial charge in [0.1, 0.15) is 11.5 Å². The molecule has 2 aromatic carbocycles. The highest BCUT2D eigenvalue weighted by molar-refractivity contribution is 8.15. The number of rotatable bonds is 4. The minimum atomic E-state index is -0.158. The zero-order chi connectivity index (χ0) is 21.1. The van der Waals surface area contributed by atoms with Gasteiger partial charge in [-0.3, -0.25) is 14.5 Å². The summed E-state index contributed by atoms with van der Waals surface area (Å²) < 4.78 is 0. The van der Waals surface area contributed by atoms with Gasteiger partial charge in [0.15, 0.2) is 5.17 Å². The number of hydrogen-bond donors (Lipinski definition) is 1. The van der Waals surface area contributed by atoms with Crippen LogP contribution in [0, 0.1) is 0 Å². The van der Waals surface area contributed by atoms with Gasteiger partial charge in [0, 0.05) is 0 Å². The van der Waals surface area contributed by atoms with Gasteiger partial charge in [-0.1, -0.05) is 54.2 Å². The lowest BCUT2D eigenvalue weighted by molar-refractivity contribution is -0.117. The maximum atomic E-state index is 12.9. The van der Waals surface area contributed by atoms with E-state index in [0.717, 1.165) is 16.8 Å². The molecule has 8 heteroatoms. The van der Waals surface area contributed by atoms with Gasteiger partial charge in [-0.05, 0) is 43.2 Å². The van der Waals surface area contributed by atoms with Gasteiger partial charge < -0.3 is 5.32 Å². The second-order valence-corrected chi connectivity index (χ2v) is 7.68. The Hall–Kier alpha value is -3.52. The van der Waals surface area contributed by atoms with E-state index < -0.39 is 0 Å². The Kier molecular flexibility index (Phi) is 5.58. The van der Waals surface area contributed by atoms with Crippen molar-refractivity contribution in [2.45, 2.75) is 13.8 Å². The molecule has 0 aromatic heterocycles. The number of amides is 2. The van der Waals surface area contributed by atoms with Crippen LogP contribution in [0.15, 0.2) is 75.5 Å². The zero-order valence-electron chi connectivity index (χ0n) is 16.5. The quantitative estimate of drug-likeness (QED) is 0.470. The fourth-order valence-corrected chi connectivity index (χ4v) is 3.67. The summed E-state index contributed by atoms with van der Waals surface area (Å²) in [6.45, 7) is 3.66. The van der Waals surface area contributed by atoms with Crippen molar-refractivity contribution in [1.82, 2.24) is 5.32 Å². The number of thioether (sulfide) groups is 1. The predicted octanol–water partition coefficient (Wildman–Crippen LogP) is 3.44. The number of benzene rings is 2. The molecule has 150 valence electrons. The topological polar surface area (TPSA) is 86.5 Å². The first-order valence-electron chi connectivity index (χ1n) is 9.33. The third-order valence-electron chi connectivity index (χ3n) is 4.55. The van der Waals surface area contributed by atoms with E-state index in [2.05, 4.69) is 20.5 Å². The lowest BCUT2D eigenvalue weighted by Gasteiger charge is -2.16. The first kappa shape index (κ1) is 19.8. The average molecular weight is 417 g/mol. The van der Waals surface area contributed by atoms with Crippen molar-refractivity contribution in [3.05, 3.63) is 71.4 Å². The molecule has 0 aliphatic carbocycles. The molecule has 1 fully saturated rings. The molecule has 2 aliphatic heterocycles. The highest BCUT2D eigenvalue weighted by Gasteiger charge is 2.28. The van der Waals surface area contributed by atoms with Crippen LogP contribution in [0.2, 0.25) is 0 Å². The number of carbonyl (C=O) groups is 2. The first-order valence-corrected chi connectivity index (χ1v) is 10.3. The van der Waals surface area contributed by atoms with Gasteiger partial charge in [-0.15, -0.1) is 5.10 Å². The lowest BCUT2D eigenvalue weighted by Crippen LogP contribution is -2.30. The average Bonchev–Trinajstić information content (AvgIpc) is 3.29. The van der Waals surface area contributed by atoms with Crippen LogP contribution in [0.5, 0.6) is 0 Å². The molecule has 0 saturated carbocycles. The summed E-state index contributed by atoms with van der Waals surface area (Å²) in [4.78, 5) is 30.1. The largest absolute Gasteiger partial charge is 0.303 e. The van der Waals surface area contributed by atoms with E-state index >= 15 is 0 Å². The Balaban J connectivity index is 1.51. The monoisotopic (exact) mass is 417 g/mol. The molecule has 4 rings (SSSR count). The normalized spacial score (nSPS) is 19.6. The molecule has 2 amide bonds. The van der Waals surface area contributed by atoms with Crippen LogP contribution >= 0.6 is 11.8 Å². The Morgan fingerprint density at radius 1 is 1.13 bits per heavy atom. The minimum Gasteiger partial charge on any atom is -0.303 e. The smallest absolute Gasteiger partial charge is 0.282 e. The molecule has 0 radical (unpaired) electrons. The Labute approximate surface area is 178 Å². The molecule has 7 nitrogen and oxygen atoms in total. The molecule has 0 spiro atoms. The number of carbonyl (C=O) groups excluding carboxylic acids is 2. The van der Waals surface area contributed by atoms with E-state index in [1.165, 1.54) is 11.8 Å². The second-order valence-electron chi connectivity index (χ2n) is 6.71. The third-order valence-corrected chi connectivity index (χ3v) is 5.42. The summed E-state index contributed by atoms with van der Waals surface area (Å²) in [6, 6.07) is 17.1. The number of nitrogens with one attached hydrogen (secondary N) is 1. The van der Waals surface area contributed by atoms with E-state index in [4.69, 9.17) is 0 Å². The molecule has 2 aliphatic rings. The SMILES string of the molecule is CC1=N/C(=C\c2ccccc2)C(=O)N1c1ccc(/C(C)=N/N=C2/NC(=O)CS2)cc1. The summed E-state index contributed by atoms with van der Waals surface area (Å²) >= 11 is 1.33. The summed E-state index contributed by atoms with van der Waals surface area (Å²) in [5.74, 6) is 0.771. The van der Waals surface area contributed by atoms with Gasteiger partial charge in [0.05, 0.1) is 17.2 Å². The van der Waals surface area contributed by atoms with Crippen LogP contribution in [0.4, 0.5) is 5.69 Å². The number of amidine groups is 2. The lowest BCUT2D eigenvalue weighted by atomic mass is 10.1. The van der Waals surface area contributed by atoms with E-state index in [-0.39, 0.29) is 11.8 Å². The predicted molar refractivity (Wildman–Crippen MR) is 122 cm³/mol. The summed E-state index contributed by atoms with van der Waals surface area (Å²) in [7, 11) is 0. The molecule has 0 bridgehead atoms. The standard InChI is InChI=1S/C22H19N5O2S/c1-14(25-26-22-24-20(28)13-30-22)17-8-10-18(11-9-17)27-15(2)23-19(21(27)29)12-16-6-4-3-5-7-16/h3-12H,13H2,1-2H3,(H,24,26,28)/b19-12-,25-14+. The van der Waals surface area contributed by atoms with Crippen LogP contribution in [-0.4, -0.2) is 34.3 Å². The number of anilines is 1. The van der Waals surface area contributed by atoms with Crippen LogP contribution in [0.1, 0.15) is 25.0 Å². The molecule has 0 atom stereocenters. The number of aliphatic imine (C=N–C) groups is 1. The van der Waals surface area contributed by atoms with Crippen LogP contribution in [-0.2, 0) is 9.59 Å². The van der Waals surface area contributed by atoms with E-state index in [1.54, 1.807) is 11.0 Å². The highest BCUT2D eigenvalue weighted by atomic mass is 32.2. The maximum Gasteiger partial charge on any atom is 0.282 e. The van der Waals surface area contributed by atoms with E-state index in [1.807, 2.05) is 68.4 Å². The molecule has 1 N–H and O–H groups in total. The molecular weight excluding hydrogens is 398 g/mol. The zero-order valence-corrected chi connectivity index (χ0v) is 17.3. The summed E-state index contributed by atoms with van der Waals surface area (Å²) in [5.41, 5.74) is 3.66. The van der Waals surface area contributed by atoms with Crippen molar-refractivity contribution in [3.8, 4) is 0 Å². The van der Waals surface area contributed by atoms with Crippen molar-refractivity contribution in [3.63, 3.8) is 0 Å². The van der Waals surface area contributed by atoms with E-state index in [9.17, 15) is 9.59 Å². The van der Waals surface area contributed by atoms with Crippen LogP contribution in [0.3, 0.4) is 0 Å². The van der Waals surface area contributed by atoms with Gasteiger partial charge >= 0.3 is 0 Å². The fourth-order valence-electron chi connectivity index (χ4n) is 3.05. The fraction of sp³-hybridized carbons (Fsp3) is 0.136. The highest BCUT2D eigenvalue weighted by Crippen LogP contribution is 2.25. The van der Waals surface area contributed by atoms with Crippen LogP contribution in [0.25, 0.3) is 6.08 Å². The Bertz CT molecular complexity index is 1120. The Morgan fingerprint density at radius 2 is 1.87 bits per heavy atom. The van der Waals surface area contributed by atoms with Gasteiger partial charge in [-0.2, -0.15) is 5.10 Å². The maximum absolute atomic E-state index is 12.9. The van der Waals surface area contributed by atoms with Crippen molar-refractivity contribution in [2.75, 3.05) is 10.7 Å². The second kappa shape index (κ2) is 8.46. The number of nitrogens with zero attached hydrogens (tertiary/aromatic N) is 4.